The number of carbonyl (C=O) groups is 1. The fourth-order valence-electron chi connectivity index (χ4n) is 2.69. The fraction of sp³-hybridized carbons (Fsp3) is 0.909. The first-order chi connectivity index (χ1) is 8.49. The number of hydrogen-bond donors (Lipinski definition) is 2. The molecule has 0 radical (unpaired) electrons. The molecular formula is C11H20N2O4S. The van der Waals surface area contributed by atoms with Crippen LogP contribution in [0.2, 0.25) is 0 Å². The Bertz CT molecular complexity index is 403. The molecule has 18 heavy (non-hydrogen) atoms. The second kappa shape index (κ2) is 5.54. The molecule has 0 aromatic rings. The minimum Gasteiger partial charge on any atom is -0.481 e. The van der Waals surface area contributed by atoms with Gasteiger partial charge in [-0.05, 0) is 25.7 Å². The van der Waals surface area contributed by atoms with Gasteiger partial charge in [0.2, 0.25) is 0 Å². The molecule has 1 saturated heterocycles. The van der Waals surface area contributed by atoms with E-state index in [9.17, 15) is 13.2 Å². The van der Waals surface area contributed by atoms with E-state index in [2.05, 4.69) is 4.72 Å². The zero-order chi connectivity index (χ0) is 13.2. The highest BCUT2D eigenvalue weighted by Crippen LogP contribution is 2.22. The van der Waals surface area contributed by atoms with Crippen molar-refractivity contribution < 1.29 is 18.3 Å². The highest BCUT2D eigenvalue weighted by atomic mass is 32.2. The number of hydrogen-bond acceptors (Lipinski definition) is 3. The average Bonchev–Trinajstić information content (AvgIpc) is 2.81. The van der Waals surface area contributed by atoms with E-state index in [-0.39, 0.29) is 12.6 Å². The van der Waals surface area contributed by atoms with E-state index in [4.69, 9.17) is 5.11 Å². The number of nitrogens with zero attached hydrogens (tertiary/aromatic N) is 1. The zero-order valence-electron chi connectivity index (χ0n) is 10.3. The lowest BCUT2D eigenvalue weighted by Crippen LogP contribution is -2.49. The number of piperidine rings is 1. The van der Waals surface area contributed by atoms with Crippen LogP contribution in [0.25, 0.3) is 0 Å². The molecule has 2 rings (SSSR count). The van der Waals surface area contributed by atoms with Gasteiger partial charge in [-0.15, -0.1) is 0 Å². The molecule has 1 heterocycles. The molecule has 1 aliphatic carbocycles. The van der Waals surface area contributed by atoms with Crippen LogP contribution in [0, 0.1) is 5.92 Å². The second-order valence-electron chi connectivity index (χ2n) is 5.14. The van der Waals surface area contributed by atoms with Crippen molar-refractivity contribution in [1.82, 2.24) is 9.03 Å². The van der Waals surface area contributed by atoms with Crippen LogP contribution in [-0.4, -0.2) is 42.9 Å². The first-order valence-corrected chi connectivity index (χ1v) is 7.93. The number of aliphatic carboxylic acids is 1. The van der Waals surface area contributed by atoms with E-state index in [1.165, 1.54) is 4.31 Å². The average molecular weight is 276 g/mol. The monoisotopic (exact) mass is 276 g/mol. The smallest absolute Gasteiger partial charge is 0.307 e. The molecule has 2 aliphatic rings. The highest BCUT2D eigenvalue weighted by molar-refractivity contribution is 7.87. The first-order valence-electron chi connectivity index (χ1n) is 6.49. The topological polar surface area (TPSA) is 86.7 Å². The second-order valence-corrected chi connectivity index (χ2v) is 6.84. The molecule has 7 heteroatoms. The summed E-state index contributed by atoms with van der Waals surface area (Å²) in [5, 5.41) is 8.96. The molecule has 104 valence electrons. The summed E-state index contributed by atoms with van der Waals surface area (Å²) in [6, 6.07) is 0.0280. The molecular weight excluding hydrogens is 256 g/mol. The number of carboxylic acid groups (broad SMARTS) is 1. The van der Waals surface area contributed by atoms with Crippen LogP contribution < -0.4 is 4.72 Å². The minimum atomic E-state index is -3.51. The van der Waals surface area contributed by atoms with Crippen LogP contribution in [0.3, 0.4) is 0 Å². The Kier molecular flexibility index (Phi) is 4.24. The Balaban J connectivity index is 1.97. The number of nitrogens with one attached hydrogen (secondary N) is 1. The lowest BCUT2D eigenvalue weighted by Gasteiger charge is -2.30. The summed E-state index contributed by atoms with van der Waals surface area (Å²) in [6.45, 7) is 0.517. The number of carboxylic acids is 1. The van der Waals surface area contributed by atoms with Crippen molar-refractivity contribution in [2.24, 2.45) is 5.92 Å². The normalized spacial score (nSPS) is 27.4. The van der Waals surface area contributed by atoms with E-state index < -0.39 is 22.1 Å². The molecule has 1 saturated carbocycles. The predicted octanol–water partition coefficient (Wildman–Crippen LogP) is 0.560. The van der Waals surface area contributed by atoms with Crippen LogP contribution in [0.4, 0.5) is 0 Å². The zero-order valence-corrected chi connectivity index (χ0v) is 11.2. The Morgan fingerprint density at radius 3 is 2.44 bits per heavy atom. The Morgan fingerprint density at radius 2 is 1.83 bits per heavy atom. The van der Waals surface area contributed by atoms with Crippen molar-refractivity contribution >= 4 is 16.2 Å². The molecule has 1 unspecified atom stereocenters. The van der Waals surface area contributed by atoms with Crippen LogP contribution in [0.15, 0.2) is 0 Å². The SMILES string of the molecule is O=C(O)C1CCCN(S(=O)(=O)NC2CCCC2)C1. The Hall–Kier alpha value is -0.660. The van der Waals surface area contributed by atoms with E-state index >= 15 is 0 Å². The fourth-order valence-corrected chi connectivity index (χ4v) is 4.24. The quantitative estimate of drug-likeness (QED) is 0.785. The molecule has 6 nitrogen and oxygen atoms in total. The Morgan fingerprint density at radius 1 is 1.17 bits per heavy atom. The largest absolute Gasteiger partial charge is 0.481 e. The van der Waals surface area contributed by atoms with Gasteiger partial charge in [-0.2, -0.15) is 17.4 Å². The summed E-state index contributed by atoms with van der Waals surface area (Å²) in [4.78, 5) is 10.9. The van der Waals surface area contributed by atoms with Crippen molar-refractivity contribution in [2.45, 2.75) is 44.6 Å². The predicted molar refractivity (Wildman–Crippen MR) is 66.2 cm³/mol. The Labute approximate surface area is 108 Å². The van der Waals surface area contributed by atoms with Crippen LogP contribution in [-0.2, 0) is 15.0 Å². The lowest BCUT2D eigenvalue weighted by molar-refractivity contribution is -0.142. The molecule has 1 atom stereocenters. The summed E-state index contributed by atoms with van der Waals surface area (Å²) in [6.07, 6.45) is 5.06. The standard InChI is InChI=1S/C11H20N2O4S/c14-11(15)9-4-3-7-13(8-9)18(16,17)12-10-5-1-2-6-10/h9-10,12H,1-8H2,(H,14,15). The van der Waals surface area contributed by atoms with Crippen molar-refractivity contribution in [1.29, 1.82) is 0 Å². The molecule has 1 aliphatic heterocycles. The van der Waals surface area contributed by atoms with Gasteiger partial charge in [0.15, 0.2) is 0 Å². The summed E-state index contributed by atoms with van der Waals surface area (Å²) in [5.74, 6) is -1.48. The molecule has 2 N–H and O–H groups in total. The van der Waals surface area contributed by atoms with Gasteiger partial charge in [0.1, 0.15) is 0 Å². The van der Waals surface area contributed by atoms with E-state index in [0.717, 1.165) is 25.7 Å². The van der Waals surface area contributed by atoms with E-state index in [1.54, 1.807) is 0 Å². The van der Waals surface area contributed by atoms with Crippen LogP contribution in [0.1, 0.15) is 38.5 Å². The molecule has 0 aromatic heterocycles. The third-order valence-electron chi connectivity index (χ3n) is 3.74. The summed E-state index contributed by atoms with van der Waals surface area (Å²) in [5.41, 5.74) is 0. The van der Waals surface area contributed by atoms with Crippen molar-refractivity contribution in [3.8, 4) is 0 Å². The summed E-state index contributed by atoms with van der Waals surface area (Å²) >= 11 is 0. The first kappa shape index (κ1) is 13.8. The maximum absolute atomic E-state index is 12.1. The van der Waals surface area contributed by atoms with Crippen molar-refractivity contribution in [2.75, 3.05) is 13.1 Å². The van der Waals surface area contributed by atoms with Gasteiger partial charge >= 0.3 is 5.97 Å². The van der Waals surface area contributed by atoms with E-state index in [1.807, 2.05) is 0 Å². The van der Waals surface area contributed by atoms with Gasteiger partial charge in [-0.25, -0.2) is 0 Å². The molecule has 2 fully saturated rings. The van der Waals surface area contributed by atoms with Crippen LogP contribution in [0.5, 0.6) is 0 Å². The lowest BCUT2D eigenvalue weighted by atomic mass is 10.0. The molecule has 0 amide bonds. The maximum atomic E-state index is 12.1. The highest BCUT2D eigenvalue weighted by Gasteiger charge is 2.33. The summed E-state index contributed by atoms with van der Waals surface area (Å²) < 4.78 is 28.2. The summed E-state index contributed by atoms with van der Waals surface area (Å²) in [7, 11) is -3.51. The third-order valence-corrected chi connectivity index (χ3v) is 5.39. The molecule has 0 aromatic carbocycles. The van der Waals surface area contributed by atoms with Gasteiger partial charge in [-0.1, -0.05) is 12.8 Å². The van der Waals surface area contributed by atoms with E-state index in [0.29, 0.717) is 19.4 Å². The van der Waals surface area contributed by atoms with Gasteiger partial charge in [0.05, 0.1) is 5.92 Å². The van der Waals surface area contributed by atoms with Gasteiger partial charge in [0.25, 0.3) is 10.2 Å². The van der Waals surface area contributed by atoms with Gasteiger partial charge < -0.3 is 5.11 Å². The van der Waals surface area contributed by atoms with Crippen LogP contribution >= 0.6 is 0 Å². The maximum Gasteiger partial charge on any atom is 0.307 e. The number of rotatable bonds is 4. The van der Waals surface area contributed by atoms with Crippen molar-refractivity contribution in [3.63, 3.8) is 0 Å². The van der Waals surface area contributed by atoms with Crippen molar-refractivity contribution in [3.05, 3.63) is 0 Å². The molecule has 0 spiro atoms. The molecule has 0 bridgehead atoms. The van der Waals surface area contributed by atoms with Gasteiger partial charge in [0, 0.05) is 19.1 Å². The third kappa shape index (κ3) is 3.21. The minimum absolute atomic E-state index is 0.0280. The van der Waals surface area contributed by atoms with Gasteiger partial charge in [-0.3, -0.25) is 4.79 Å².